The van der Waals surface area contributed by atoms with Gasteiger partial charge in [-0.2, -0.15) is 15.0 Å². The van der Waals surface area contributed by atoms with Crippen LogP contribution in [-0.2, 0) is 0 Å². The molecule has 0 fully saturated rings. The zero-order valence-electron chi connectivity index (χ0n) is 24.2. The van der Waals surface area contributed by atoms with E-state index >= 15 is 0 Å². The predicted octanol–water partition coefficient (Wildman–Crippen LogP) is 3.26. The number of anilines is 5. The predicted molar refractivity (Wildman–Crippen MR) is 175 cm³/mol. The molecule has 0 saturated carbocycles. The molecule has 3 aromatic rings. The number of guanidine groups is 2. The smallest absolute Gasteiger partial charge is 0.229 e. The fourth-order valence-corrected chi connectivity index (χ4v) is 3.77. The lowest BCUT2D eigenvalue weighted by atomic mass is 10.3. The number of benzene rings is 2. The number of unbranched alkanes of at least 4 members (excludes halogenated alkanes) is 3. The molecule has 1 aromatic heterocycles. The Balaban J connectivity index is 1.40. The summed E-state index contributed by atoms with van der Waals surface area (Å²) in [5.41, 5.74) is 19.4. The Kier molecular flexibility index (Phi) is 14.7. The molecule has 0 saturated heterocycles. The van der Waals surface area contributed by atoms with Gasteiger partial charge in [0.15, 0.2) is 11.9 Å². The molecule has 42 heavy (non-hydrogen) atoms. The van der Waals surface area contributed by atoms with Gasteiger partial charge >= 0.3 is 0 Å². The third kappa shape index (κ3) is 13.6. The fraction of sp³-hybridized carbons (Fsp3) is 0.414. The highest BCUT2D eigenvalue weighted by molar-refractivity contribution is 5.92. The zero-order chi connectivity index (χ0) is 29.7. The second-order valence-corrected chi connectivity index (χ2v) is 9.51. The average Bonchev–Trinajstić information content (AvgIpc) is 3.00. The maximum atomic E-state index is 5.97. The molecule has 11 N–H and O–H groups in total. The van der Waals surface area contributed by atoms with Crippen molar-refractivity contribution in [1.82, 2.24) is 15.0 Å². The summed E-state index contributed by atoms with van der Waals surface area (Å²) >= 11 is 0. The van der Waals surface area contributed by atoms with Crippen molar-refractivity contribution in [3.8, 4) is 0 Å². The van der Waals surface area contributed by atoms with E-state index in [1.54, 1.807) is 0 Å². The minimum atomic E-state index is 0.409. The summed E-state index contributed by atoms with van der Waals surface area (Å²) in [6.07, 6.45) is 5.41. The fourth-order valence-electron chi connectivity index (χ4n) is 3.77. The van der Waals surface area contributed by atoms with Crippen molar-refractivity contribution in [2.75, 3.05) is 65.9 Å². The van der Waals surface area contributed by atoms with Crippen LogP contribution >= 0.6 is 0 Å². The van der Waals surface area contributed by atoms with E-state index in [1.807, 2.05) is 60.7 Å². The first kappa shape index (κ1) is 31.9. The third-order valence-corrected chi connectivity index (χ3v) is 5.94. The average molecular weight is 576 g/mol. The highest BCUT2D eigenvalue weighted by atomic mass is 15.3. The van der Waals surface area contributed by atoms with E-state index in [2.05, 4.69) is 51.5 Å². The molecular formula is C29H45N13. The topological polar surface area (TPSA) is 202 Å². The first-order valence-electron chi connectivity index (χ1n) is 14.5. The van der Waals surface area contributed by atoms with Crippen molar-refractivity contribution in [2.45, 2.75) is 38.5 Å². The molecule has 1 heterocycles. The normalized spacial score (nSPS) is 11.6. The van der Waals surface area contributed by atoms with Gasteiger partial charge in [0, 0.05) is 44.1 Å². The van der Waals surface area contributed by atoms with E-state index in [0.717, 1.165) is 56.4 Å². The van der Waals surface area contributed by atoms with Gasteiger partial charge in [0.2, 0.25) is 17.8 Å². The van der Waals surface area contributed by atoms with Crippen molar-refractivity contribution in [3.63, 3.8) is 0 Å². The van der Waals surface area contributed by atoms with Crippen molar-refractivity contribution in [2.24, 2.45) is 27.2 Å². The summed E-state index contributed by atoms with van der Waals surface area (Å²) in [4.78, 5) is 22.4. The lowest BCUT2D eigenvalue weighted by Gasteiger charge is -2.11. The number of rotatable bonds is 19. The summed E-state index contributed by atoms with van der Waals surface area (Å²) in [6, 6.07) is 19.5. The largest absolute Gasteiger partial charge is 0.370 e. The summed E-state index contributed by atoms with van der Waals surface area (Å²) in [5.74, 6) is 2.39. The number of nitrogens with zero attached hydrogens (tertiary/aromatic N) is 5. The van der Waals surface area contributed by atoms with Crippen LogP contribution in [0.25, 0.3) is 0 Å². The second-order valence-electron chi connectivity index (χ2n) is 9.51. The van der Waals surface area contributed by atoms with Gasteiger partial charge in [-0.1, -0.05) is 36.4 Å². The number of nitrogens with one attached hydrogen (secondary N) is 5. The molecule has 0 bridgehead atoms. The number of hydrogen-bond donors (Lipinski definition) is 8. The molecule has 13 nitrogen and oxygen atoms in total. The Morgan fingerprint density at radius 2 is 0.929 bits per heavy atom. The Bertz CT molecular complexity index is 1120. The number of hydrogen-bond acceptors (Lipinski definition) is 9. The van der Waals surface area contributed by atoms with E-state index in [4.69, 9.17) is 17.2 Å². The molecule has 2 aromatic carbocycles. The van der Waals surface area contributed by atoms with Crippen molar-refractivity contribution < 1.29 is 0 Å². The number of para-hydroxylation sites is 2. The number of aliphatic imine (C=N–C) groups is 2. The molecule has 0 aliphatic heterocycles. The highest BCUT2D eigenvalue weighted by Crippen LogP contribution is 2.11. The van der Waals surface area contributed by atoms with Crippen LogP contribution < -0.4 is 43.8 Å². The van der Waals surface area contributed by atoms with Crippen LogP contribution in [0.15, 0.2) is 70.6 Å². The van der Waals surface area contributed by atoms with Crippen molar-refractivity contribution in [3.05, 3.63) is 60.7 Å². The highest BCUT2D eigenvalue weighted by Gasteiger charge is 2.06. The lowest BCUT2D eigenvalue weighted by Crippen LogP contribution is -2.22. The SMILES string of the molecule is NCCCCNc1nc(NCCCCN=C(N)Nc2ccccc2)nc(NCCCCN=C(N)Nc2ccccc2)n1. The van der Waals surface area contributed by atoms with Crippen LogP contribution in [0.1, 0.15) is 38.5 Å². The molecule has 0 aliphatic carbocycles. The van der Waals surface area contributed by atoms with E-state index in [1.165, 1.54) is 0 Å². The Hall–Kier alpha value is -4.65. The van der Waals surface area contributed by atoms with Gasteiger partial charge in [0.1, 0.15) is 0 Å². The van der Waals surface area contributed by atoms with Crippen LogP contribution in [0, 0.1) is 0 Å². The lowest BCUT2D eigenvalue weighted by molar-refractivity contribution is 0.759. The summed E-state index contributed by atoms with van der Waals surface area (Å²) in [6.45, 7) is 4.07. The van der Waals surface area contributed by atoms with Gasteiger partial charge in [0.05, 0.1) is 0 Å². The first-order valence-corrected chi connectivity index (χ1v) is 14.5. The summed E-state index contributed by atoms with van der Waals surface area (Å²) in [7, 11) is 0. The van der Waals surface area contributed by atoms with Gasteiger partial charge in [-0.25, -0.2) is 0 Å². The standard InChI is InChI=1S/C29H45N13/c30-17-7-8-20-35-27-40-28(36-21-11-9-18-33-25(31)38-23-13-3-1-4-14-23)42-29(41-27)37-22-12-10-19-34-26(32)39-24-15-5-2-6-16-24/h1-6,13-16H,7-12,17-22,30H2,(H3,31,33,38)(H3,32,34,39)(H3,35,36,37,40,41,42). The molecule has 0 radical (unpaired) electrons. The number of aromatic nitrogens is 3. The van der Waals surface area contributed by atoms with Crippen LogP contribution in [0.4, 0.5) is 29.2 Å². The summed E-state index contributed by atoms with van der Waals surface area (Å²) in [5, 5.41) is 16.0. The Morgan fingerprint density at radius 1 is 0.548 bits per heavy atom. The van der Waals surface area contributed by atoms with E-state index in [-0.39, 0.29) is 0 Å². The molecule has 0 atom stereocenters. The monoisotopic (exact) mass is 575 g/mol. The molecule has 3 rings (SSSR count). The number of nitrogens with two attached hydrogens (primary N) is 3. The minimum Gasteiger partial charge on any atom is -0.370 e. The van der Waals surface area contributed by atoms with Gasteiger partial charge in [0.25, 0.3) is 0 Å². The summed E-state index contributed by atoms with van der Waals surface area (Å²) < 4.78 is 0. The van der Waals surface area contributed by atoms with Crippen molar-refractivity contribution >= 4 is 41.1 Å². The molecule has 226 valence electrons. The quantitative estimate of drug-likeness (QED) is 0.0592. The maximum absolute atomic E-state index is 5.97. The molecule has 0 aliphatic rings. The second kappa shape index (κ2) is 19.4. The third-order valence-electron chi connectivity index (χ3n) is 5.94. The molecular weight excluding hydrogens is 530 g/mol. The van der Waals surface area contributed by atoms with Crippen molar-refractivity contribution in [1.29, 1.82) is 0 Å². The van der Waals surface area contributed by atoms with Crippen LogP contribution in [-0.4, -0.2) is 66.1 Å². The maximum Gasteiger partial charge on any atom is 0.229 e. The van der Waals surface area contributed by atoms with Gasteiger partial charge < -0.3 is 43.8 Å². The Morgan fingerprint density at radius 3 is 1.31 bits per heavy atom. The van der Waals surface area contributed by atoms with Gasteiger partial charge in [-0.3, -0.25) is 9.98 Å². The zero-order valence-corrected chi connectivity index (χ0v) is 24.2. The van der Waals surface area contributed by atoms with Crippen LogP contribution in [0.3, 0.4) is 0 Å². The van der Waals surface area contributed by atoms with Crippen LogP contribution in [0.5, 0.6) is 0 Å². The molecule has 13 heteroatoms. The van der Waals surface area contributed by atoms with E-state index in [9.17, 15) is 0 Å². The van der Waals surface area contributed by atoms with E-state index < -0.39 is 0 Å². The Labute approximate surface area is 248 Å². The molecule has 0 amide bonds. The molecule has 0 unspecified atom stereocenters. The van der Waals surface area contributed by atoms with Gasteiger partial charge in [-0.15, -0.1) is 0 Å². The first-order chi connectivity index (χ1) is 20.6. The molecule has 0 spiro atoms. The van der Waals surface area contributed by atoms with Crippen LogP contribution in [0.2, 0.25) is 0 Å². The van der Waals surface area contributed by atoms with E-state index in [0.29, 0.717) is 62.5 Å². The minimum absolute atomic E-state index is 0.409. The van der Waals surface area contributed by atoms with Gasteiger partial charge in [-0.05, 0) is 69.3 Å².